The SMILES string of the molecule is C[C@@H]1CN(c2c(F)cncc2F)CCN1c1nccc(C(=O)N[C@H]2C3CC4CC2C[C@](O)(C4)C3)n1. The van der Waals surface area contributed by atoms with Crippen molar-refractivity contribution in [2.75, 3.05) is 29.4 Å². The summed E-state index contributed by atoms with van der Waals surface area (Å²) in [6.07, 6.45) is 8.19. The third kappa shape index (κ3) is 4.01. The molecule has 4 aliphatic carbocycles. The molecule has 2 N–H and O–H groups in total. The lowest BCUT2D eigenvalue weighted by atomic mass is 9.52. The number of amides is 1. The van der Waals surface area contributed by atoms with Gasteiger partial charge in [-0.05, 0) is 62.8 Å². The van der Waals surface area contributed by atoms with Crippen LogP contribution < -0.4 is 15.1 Å². The number of carbonyl (C=O) groups is 1. The van der Waals surface area contributed by atoms with Crippen molar-refractivity contribution in [2.45, 2.75) is 56.7 Å². The number of halogens is 2. The van der Waals surface area contributed by atoms with E-state index in [1.807, 2.05) is 11.8 Å². The lowest BCUT2D eigenvalue weighted by Crippen LogP contribution is -2.61. The monoisotopic (exact) mass is 484 g/mol. The third-order valence-corrected chi connectivity index (χ3v) is 8.44. The zero-order chi connectivity index (χ0) is 24.3. The molecule has 0 spiro atoms. The lowest BCUT2D eigenvalue weighted by molar-refractivity contribution is -0.136. The van der Waals surface area contributed by atoms with Gasteiger partial charge in [-0.3, -0.25) is 9.78 Å². The van der Waals surface area contributed by atoms with Crippen LogP contribution in [-0.4, -0.2) is 63.3 Å². The van der Waals surface area contributed by atoms with Crippen molar-refractivity contribution in [1.29, 1.82) is 0 Å². The van der Waals surface area contributed by atoms with Gasteiger partial charge in [-0.25, -0.2) is 18.7 Å². The second kappa shape index (κ2) is 8.36. The van der Waals surface area contributed by atoms with E-state index in [0.717, 1.165) is 44.5 Å². The summed E-state index contributed by atoms with van der Waals surface area (Å²) in [6, 6.07) is 1.56. The predicted octanol–water partition coefficient (Wildman–Crippen LogP) is 2.53. The zero-order valence-electron chi connectivity index (χ0n) is 19.7. The van der Waals surface area contributed by atoms with Crippen LogP contribution in [0.2, 0.25) is 0 Å². The van der Waals surface area contributed by atoms with E-state index < -0.39 is 17.2 Å². The molecule has 1 amide bonds. The summed E-state index contributed by atoms with van der Waals surface area (Å²) in [5.41, 5.74) is -0.301. The van der Waals surface area contributed by atoms with Gasteiger partial charge in [-0.1, -0.05) is 0 Å². The van der Waals surface area contributed by atoms with E-state index >= 15 is 0 Å². The Balaban J connectivity index is 1.14. The second-order valence-corrected chi connectivity index (χ2v) is 10.9. The molecule has 4 saturated carbocycles. The first-order valence-electron chi connectivity index (χ1n) is 12.5. The fourth-order valence-electron chi connectivity index (χ4n) is 7.22. The highest BCUT2D eigenvalue weighted by Gasteiger charge is 2.55. The fourth-order valence-corrected chi connectivity index (χ4v) is 7.22. The van der Waals surface area contributed by atoms with Gasteiger partial charge in [0, 0.05) is 37.9 Å². The van der Waals surface area contributed by atoms with Crippen molar-refractivity contribution < 1.29 is 18.7 Å². The van der Waals surface area contributed by atoms with Crippen molar-refractivity contribution in [3.05, 3.63) is 42.0 Å². The molecule has 1 saturated heterocycles. The average molecular weight is 485 g/mol. The molecule has 2 unspecified atom stereocenters. The van der Waals surface area contributed by atoms with Crippen molar-refractivity contribution in [3.63, 3.8) is 0 Å². The van der Waals surface area contributed by atoms with Gasteiger partial charge in [-0.15, -0.1) is 0 Å². The molecule has 4 bridgehead atoms. The van der Waals surface area contributed by atoms with Gasteiger partial charge in [0.1, 0.15) is 11.4 Å². The Labute approximate surface area is 202 Å². The molecule has 0 aromatic carbocycles. The lowest BCUT2D eigenvalue weighted by Gasteiger charge is -2.58. The zero-order valence-corrected chi connectivity index (χ0v) is 19.7. The molecule has 35 heavy (non-hydrogen) atoms. The van der Waals surface area contributed by atoms with Crippen molar-refractivity contribution in [1.82, 2.24) is 20.3 Å². The summed E-state index contributed by atoms with van der Waals surface area (Å²) in [5.74, 6) is 0.0582. The normalized spacial score (nSPS) is 33.8. The summed E-state index contributed by atoms with van der Waals surface area (Å²) in [5, 5.41) is 14.0. The Kier molecular flexibility index (Phi) is 5.39. The number of carbonyl (C=O) groups excluding carboxylic acids is 1. The van der Waals surface area contributed by atoms with Gasteiger partial charge in [0.25, 0.3) is 5.91 Å². The highest BCUT2D eigenvalue weighted by molar-refractivity contribution is 5.92. The van der Waals surface area contributed by atoms with Gasteiger partial charge in [0.15, 0.2) is 11.6 Å². The molecule has 186 valence electrons. The van der Waals surface area contributed by atoms with Crippen LogP contribution in [0.15, 0.2) is 24.7 Å². The Morgan fingerprint density at radius 2 is 1.86 bits per heavy atom. The number of aliphatic hydroxyl groups is 1. The largest absolute Gasteiger partial charge is 0.390 e. The molecular formula is C25H30F2N6O2. The van der Waals surface area contributed by atoms with Gasteiger partial charge >= 0.3 is 0 Å². The van der Waals surface area contributed by atoms with Crippen molar-refractivity contribution >= 4 is 17.5 Å². The molecule has 10 heteroatoms. The average Bonchev–Trinajstić information content (AvgIpc) is 2.80. The third-order valence-electron chi connectivity index (χ3n) is 8.44. The van der Waals surface area contributed by atoms with E-state index in [0.29, 0.717) is 49.0 Å². The van der Waals surface area contributed by atoms with E-state index in [2.05, 4.69) is 20.3 Å². The Morgan fingerprint density at radius 1 is 1.14 bits per heavy atom. The number of rotatable bonds is 4. The second-order valence-electron chi connectivity index (χ2n) is 10.9. The Bertz CT molecular complexity index is 1110. The number of hydrogen-bond acceptors (Lipinski definition) is 7. The molecule has 8 nitrogen and oxygen atoms in total. The summed E-state index contributed by atoms with van der Waals surface area (Å²) in [6.45, 7) is 3.17. The van der Waals surface area contributed by atoms with E-state index in [1.165, 1.54) is 0 Å². The van der Waals surface area contributed by atoms with Crippen LogP contribution in [0.5, 0.6) is 0 Å². The van der Waals surface area contributed by atoms with Gasteiger partial charge in [0.05, 0.1) is 18.0 Å². The van der Waals surface area contributed by atoms with Crippen LogP contribution in [0.25, 0.3) is 0 Å². The van der Waals surface area contributed by atoms with Gasteiger partial charge < -0.3 is 20.2 Å². The standard InChI is InChI=1S/C25H30F2N6O2/c1-14-13-32(22-18(26)11-28-12-19(22)27)4-5-33(14)24-29-3-2-20(30-24)23(34)31-21-16-6-15-7-17(21)10-25(35,8-15)9-16/h2-3,11-12,14-17,21,35H,4-10,13H2,1H3,(H,31,34)/t14-,15?,16?,17?,21-,25-/m1/s1. The van der Waals surface area contributed by atoms with Crippen LogP contribution in [0.1, 0.15) is 49.5 Å². The number of pyridine rings is 1. The number of nitrogens with zero attached hydrogens (tertiary/aromatic N) is 5. The maximum atomic E-state index is 14.2. The predicted molar refractivity (Wildman–Crippen MR) is 125 cm³/mol. The molecule has 5 aliphatic rings. The smallest absolute Gasteiger partial charge is 0.270 e. The van der Waals surface area contributed by atoms with E-state index in [1.54, 1.807) is 17.2 Å². The Morgan fingerprint density at radius 3 is 2.51 bits per heavy atom. The van der Waals surface area contributed by atoms with E-state index in [9.17, 15) is 18.7 Å². The summed E-state index contributed by atoms with van der Waals surface area (Å²) >= 11 is 0. The molecule has 2 aromatic rings. The quantitative estimate of drug-likeness (QED) is 0.689. The first-order chi connectivity index (χ1) is 16.8. The molecule has 5 fully saturated rings. The number of hydrogen-bond donors (Lipinski definition) is 2. The number of anilines is 2. The van der Waals surface area contributed by atoms with Crippen LogP contribution >= 0.6 is 0 Å². The van der Waals surface area contributed by atoms with Gasteiger partial charge in [0.2, 0.25) is 5.95 Å². The van der Waals surface area contributed by atoms with Gasteiger partial charge in [-0.2, -0.15) is 0 Å². The first-order valence-corrected chi connectivity index (χ1v) is 12.5. The molecule has 0 radical (unpaired) electrons. The topological polar surface area (TPSA) is 94.5 Å². The summed E-state index contributed by atoms with van der Waals surface area (Å²) in [4.78, 5) is 29.3. The molecule has 1 aliphatic heterocycles. The molecular weight excluding hydrogens is 454 g/mol. The summed E-state index contributed by atoms with van der Waals surface area (Å²) < 4.78 is 28.4. The molecule has 3 heterocycles. The van der Waals surface area contributed by atoms with Crippen LogP contribution in [0.4, 0.5) is 20.4 Å². The van der Waals surface area contributed by atoms with Crippen LogP contribution in [0.3, 0.4) is 0 Å². The van der Waals surface area contributed by atoms with Crippen molar-refractivity contribution in [3.8, 4) is 0 Å². The molecule has 7 rings (SSSR count). The highest BCUT2D eigenvalue weighted by atomic mass is 19.1. The van der Waals surface area contributed by atoms with Crippen LogP contribution in [-0.2, 0) is 0 Å². The minimum absolute atomic E-state index is 0.0686. The first kappa shape index (κ1) is 22.6. The Hall–Kier alpha value is -2.88. The number of nitrogens with one attached hydrogen (secondary N) is 1. The fraction of sp³-hybridized carbons (Fsp3) is 0.600. The minimum atomic E-state index is -0.683. The van der Waals surface area contributed by atoms with E-state index in [4.69, 9.17) is 0 Å². The number of piperazine rings is 1. The molecule has 2 aromatic heterocycles. The van der Waals surface area contributed by atoms with Crippen LogP contribution in [0, 0.1) is 29.4 Å². The van der Waals surface area contributed by atoms with Crippen molar-refractivity contribution in [2.24, 2.45) is 17.8 Å². The maximum absolute atomic E-state index is 14.2. The maximum Gasteiger partial charge on any atom is 0.270 e. The number of aromatic nitrogens is 3. The van der Waals surface area contributed by atoms with E-state index in [-0.39, 0.29) is 23.7 Å². The highest BCUT2D eigenvalue weighted by Crippen LogP contribution is 2.55. The minimum Gasteiger partial charge on any atom is -0.390 e. The molecule has 3 atom stereocenters. The summed E-state index contributed by atoms with van der Waals surface area (Å²) in [7, 11) is 0.